The van der Waals surface area contributed by atoms with Crippen molar-refractivity contribution in [3.63, 3.8) is 0 Å². The molecule has 2 N–H and O–H groups in total. The van der Waals surface area contributed by atoms with Crippen molar-refractivity contribution in [1.82, 2.24) is 0 Å². The number of aliphatic carboxylic acids is 2. The molecule has 0 aromatic rings. The Hall–Kier alpha value is 1.73. The Morgan fingerprint density at radius 3 is 2.07 bits per heavy atom. The van der Waals surface area contributed by atoms with E-state index in [1.165, 1.54) is 0 Å². The van der Waals surface area contributed by atoms with Gasteiger partial charge in [0.1, 0.15) is 8.78 Å². The van der Waals surface area contributed by atoms with Crippen LogP contribution in [0.4, 0.5) is 0 Å². The van der Waals surface area contributed by atoms with E-state index in [2.05, 4.69) is 24.8 Å². The van der Waals surface area contributed by atoms with Gasteiger partial charge in [0.05, 0.1) is 0 Å². The van der Waals surface area contributed by atoms with Gasteiger partial charge in [-0.15, -0.1) is 12.6 Å². The second-order valence-electron chi connectivity index (χ2n) is 2.14. The van der Waals surface area contributed by atoms with Crippen LogP contribution in [0, 0.1) is 0 Å². The molecular formula is C6H10Na2O4S3. The zero-order valence-electron chi connectivity index (χ0n) is 6.47. The molecule has 15 heavy (non-hydrogen) atoms. The zero-order chi connectivity index (χ0) is 10.4. The van der Waals surface area contributed by atoms with E-state index >= 15 is 0 Å². The van der Waals surface area contributed by atoms with Gasteiger partial charge in [0.15, 0.2) is 0 Å². The summed E-state index contributed by atoms with van der Waals surface area (Å²) in [5.41, 5.74) is 0. The average Bonchev–Trinajstić information content (AvgIpc) is 1.96. The molecule has 9 heteroatoms. The number of thiocarbonyl (C=S) groups is 1. The van der Waals surface area contributed by atoms with E-state index in [-0.39, 0.29) is 75.5 Å². The number of thiol groups is 1. The molecule has 0 spiro atoms. The molecule has 0 amide bonds. The van der Waals surface area contributed by atoms with Crippen LogP contribution in [0.5, 0.6) is 0 Å². The van der Waals surface area contributed by atoms with Crippen LogP contribution in [0.15, 0.2) is 0 Å². The minimum absolute atomic E-state index is 0. The summed E-state index contributed by atoms with van der Waals surface area (Å²) in [7, 11) is 0. The van der Waals surface area contributed by atoms with Gasteiger partial charge < -0.3 is 10.2 Å². The van der Waals surface area contributed by atoms with Crippen molar-refractivity contribution in [2.45, 2.75) is 18.1 Å². The van der Waals surface area contributed by atoms with Crippen LogP contribution in [0.25, 0.3) is 0 Å². The molecule has 0 saturated heterocycles. The number of rotatable bonds is 5. The fraction of sp³-hybridized carbons (Fsp3) is 0.500. The SMILES string of the molecule is O=C(O)CCC(SC(=S)S)C(=O)O.[NaH].[NaH]. The van der Waals surface area contributed by atoms with Gasteiger partial charge in [-0.3, -0.25) is 9.59 Å². The fourth-order valence-corrected chi connectivity index (χ4v) is 1.92. The second-order valence-corrected chi connectivity index (χ2v) is 5.08. The van der Waals surface area contributed by atoms with Crippen molar-refractivity contribution in [2.75, 3.05) is 0 Å². The summed E-state index contributed by atoms with van der Waals surface area (Å²) in [6.45, 7) is 0. The van der Waals surface area contributed by atoms with Gasteiger partial charge in [-0.1, -0.05) is 24.0 Å². The predicted molar refractivity (Wildman–Crippen MR) is 71.8 cm³/mol. The zero-order valence-corrected chi connectivity index (χ0v) is 8.99. The van der Waals surface area contributed by atoms with Gasteiger partial charge in [0.2, 0.25) is 0 Å². The summed E-state index contributed by atoms with van der Waals surface area (Å²) in [5, 5.41) is 16.1. The Labute approximate surface area is 147 Å². The summed E-state index contributed by atoms with van der Waals surface area (Å²) in [6.07, 6.45) is -0.129. The number of carboxylic acid groups (broad SMARTS) is 2. The molecule has 0 aromatic carbocycles. The van der Waals surface area contributed by atoms with Crippen molar-refractivity contribution < 1.29 is 19.8 Å². The molecule has 0 heterocycles. The van der Waals surface area contributed by atoms with Crippen LogP contribution in [-0.2, 0) is 9.59 Å². The monoisotopic (exact) mass is 288 g/mol. The summed E-state index contributed by atoms with van der Waals surface area (Å²) in [4.78, 5) is 20.7. The standard InChI is InChI=1S/C6H8O4S3.2Na.2H/c7-4(8)2-1-3(5(9)10)13-6(11)12;;;;/h3H,1-2H2,(H,7,8)(H,9,10)(H,11,12);;;;. The van der Waals surface area contributed by atoms with Crippen molar-refractivity contribution in [3.8, 4) is 0 Å². The maximum absolute atomic E-state index is 10.5. The van der Waals surface area contributed by atoms with Crippen LogP contribution in [0.3, 0.4) is 0 Å². The molecule has 4 nitrogen and oxygen atoms in total. The Morgan fingerprint density at radius 2 is 1.80 bits per heavy atom. The van der Waals surface area contributed by atoms with Crippen LogP contribution < -0.4 is 0 Å². The quantitative estimate of drug-likeness (QED) is 0.374. The minimum atomic E-state index is -1.07. The Morgan fingerprint density at radius 1 is 1.33 bits per heavy atom. The fourth-order valence-electron chi connectivity index (χ4n) is 0.609. The topological polar surface area (TPSA) is 74.6 Å². The Kier molecular flexibility index (Phi) is 17.9. The van der Waals surface area contributed by atoms with Gasteiger partial charge in [0.25, 0.3) is 0 Å². The molecule has 0 fully saturated rings. The molecular weight excluding hydrogens is 278 g/mol. The third kappa shape index (κ3) is 13.7. The molecule has 1 atom stereocenters. The molecule has 0 bridgehead atoms. The first-order valence-corrected chi connectivity index (χ1v) is 5.01. The first-order valence-electron chi connectivity index (χ1n) is 3.27. The van der Waals surface area contributed by atoms with Crippen LogP contribution in [0.1, 0.15) is 12.8 Å². The van der Waals surface area contributed by atoms with Crippen molar-refractivity contribution in [1.29, 1.82) is 0 Å². The molecule has 0 radical (unpaired) electrons. The normalized spacial score (nSPS) is 10.5. The van der Waals surface area contributed by atoms with E-state index in [1.54, 1.807) is 0 Å². The molecule has 0 saturated carbocycles. The van der Waals surface area contributed by atoms with Crippen LogP contribution in [-0.4, -0.2) is 90.0 Å². The average molecular weight is 288 g/mol. The van der Waals surface area contributed by atoms with Crippen molar-refractivity contribution in [2.24, 2.45) is 0 Å². The molecule has 0 aliphatic rings. The number of thioether (sulfide) groups is 1. The van der Waals surface area contributed by atoms with E-state index in [0.717, 1.165) is 11.8 Å². The van der Waals surface area contributed by atoms with Crippen molar-refractivity contribution >= 4 is 111 Å². The summed E-state index contributed by atoms with van der Waals surface area (Å²) >= 11 is 9.23. The van der Waals surface area contributed by atoms with E-state index in [4.69, 9.17) is 10.2 Å². The van der Waals surface area contributed by atoms with E-state index in [0.29, 0.717) is 0 Å². The second kappa shape index (κ2) is 12.2. The molecule has 0 aliphatic carbocycles. The van der Waals surface area contributed by atoms with E-state index in [1.807, 2.05) is 0 Å². The number of hydrogen-bond acceptors (Lipinski definition) is 4. The van der Waals surface area contributed by atoms with Gasteiger partial charge in [-0.2, -0.15) is 0 Å². The Bertz CT molecular complexity index is 236. The summed E-state index contributed by atoms with van der Waals surface area (Å²) < 4.78 is 0.206. The summed E-state index contributed by atoms with van der Waals surface area (Å²) in [6, 6.07) is 0. The van der Waals surface area contributed by atoms with Gasteiger partial charge >= 0.3 is 71.1 Å². The molecule has 0 rings (SSSR count). The molecule has 0 aromatic heterocycles. The molecule has 0 aliphatic heterocycles. The maximum atomic E-state index is 10.5. The van der Waals surface area contributed by atoms with Gasteiger partial charge in [-0.25, -0.2) is 0 Å². The first kappa shape index (κ1) is 22.0. The van der Waals surface area contributed by atoms with Gasteiger partial charge in [-0.05, 0) is 6.42 Å². The summed E-state index contributed by atoms with van der Waals surface area (Å²) in [5.74, 6) is -2.08. The number of hydrogen-bond donors (Lipinski definition) is 3. The Balaban J connectivity index is -0.000000720. The van der Waals surface area contributed by atoms with E-state index < -0.39 is 17.2 Å². The molecule has 1 unspecified atom stereocenters. The van der Waals surface area contributed by atoms with Crippen LogP contribution >= 0.6 is 36.6 Å². The predicted octanol–water partition coefficient (Wildman–Crippen LogP) is -0.0447. The number of carboxylic acids is 2. The van der Waals surface area contributed by atoms with Crippen LogP contribution in [0.2, 0.25) is 0 Å². The molecule has 78 valence electrons. The van der Waals surface area contributed by atoms with Crippen molar-refractivity contribution in [3.05, 3.63) is 0 Å². The van der Waals surface area contributed by atoms with Gasteiger partial charge in [0, 0.05) is 6.42 Å². The van der Waals surface area contributed by atoms with E-state index in [9.17, 15) is 9.59 Å². The third-order valence-corrected chi connectivity index (χ3v) is 2.67. The number of carbonyl (C=O) groups is 2. The first-order chi connectivity index (χ1) is 5.93. The third-order valence-electron chi connectivity index (χ3n) is 1.14.